The molecule has 1 aromatic carbocycles. The van der Waals surface area contributed by atoms with Crippen molar-refractivity contribution in [3.8, 4) is 0 Å². The van der Waals surface area contributed by atoms with E-state index in [1.54, 1.807) is 18.3 Å². The van der Waals surface area contributed by atoms with Gasteiger partial charge in [-0.15, -0.1) is 6.07 Å². The molecule has 0 saturated carbocycles. The van der Waals surface area contributed by atoms with E-state index >= 15 is 0 Å². The summed E-state index contributed by atoms with van der Waals surface area (Å²) in [5.74, 6) is -0.421. The number of hydrogen-bond donors (Lipinski definition) is 2. The average Bonchev–Trinajstić information content (AvgIpc) is 2.48. The largest absolute Gasteiger partial charge is 0.380 e. The molecule has 2 rings (SSSR count). The van der Waals surface area contributed by atoms with E-state index in [0.717, 1.165) is 11.3 Å². The van der Waals surface area contributed by atoms with Crippen LogP contribution in [0.15, 0.2) is 42.6 Å². The molecule has 22 heavy (non-hydrogen) atoms. The Labute approximate surface area is 156 Å². The van der Waals surface area contributed by atoms with E-state index in [2.05, 4.69) is 16.4 Å². The zero-order chi connectivity index (χ0) is 15.3. The molecule has 2 aromatic rings. The van der Waals surface area contributed by atoms with Crippen LogP contribution in [0.25, 0.3) is 0 Å². The number of aliphatic hydroxyl groups is 1. The minimum absolute atomic E-state index is 0. The van der Waals surface area contributed by atoms with Gasteiger partial charge >= 0.3 is 0 Å². The van der Waals surface area contributed by atoms with Crippen LogP contribution >= 0.6 is 0 Å². The first-order chi connectivity index (χ1) is 9.97. The number of nitrogens with zero attached hydrogens (tertiary/aromatic N) is 1. The summed E-state index contributed by atoms with van der Waals surface area (Å²) in [5, 5.41) is 13.0. The molecule has 0 aliphatic heterocycles. The second-order valence-electron chi connectivity index (χ2n) is 5.31. The van der Waals surface area contributed by atoms with E-state index in [0.29, 0.717) is 18.5 Å². The molecule has 1 amide bonds. The minimum Gasteiger partial charge on any atom is -0.380 e. The van der Waals surface area contributed by atoms with Crippen LogP contribution in [-0.2, 0) is 43.9 Å². The Morgan fingerprint density at radius 3 is 2.73 bits per heavy atom. The van der Waals surface area contributed by atoms with Crippen molar-refractivity contribution in [1.29, 1.82) is 0 Å². The van der Waals surface area contributed by atoms with Crippen molar-refractivity contribution in [2.45, 2.75) is 32.3 Å². The average molecular weight is 372 g/mol. The summed E-state index contributed by atoms with van der Waals surface area (Å²) < 4.78 is 0. The van der Waals surface area contributed by atoms with Gasteiger partial charge in [-0.3, -0.25) is 9.78 Å². The van der Waals surface area contributed by atoms with Gasteiger partial charge in [-0.25, -0.2) is 0 Å². The third-order valence-corrected chi connectivity index (χ3v) is 3.31. The molecule has 0 aliphatic rings. The Hall–Kier alpha value is -1.10. The number of pyridine rings is 1. The number of carbonyl (C=O) groups is 1. The first kappa shape index (κ1) is 19.0. The van der Waals surface area contributed by atoms with Gasteiger partial charge in [-0.2, -0.15) is 23.8 Å². The summed E-state index contributed by atoms with van der Waals surface area (Å²) >= 11 is 0. The molecule has 1 unspecified atom stereocenters. The number of hydrogen-bond acceptors (Lipinski definition) is 3. The van der Waals surface area contributed by atoms with Crippen LogP contribution in [0.5, 0.6) is 0 Å². The van der Waals surface area contributed by atoms with Gasteiger partial charge in [0.1, 0.15) is 5.60 Å². The first-order valence-electron chi connectivity index (χ1n) is 6.89. The maximum absolute atomic E-state index is 12.1. The molecule has 1 aromatic heterocycles. The predicted octanol–water partition coefficient (Wildman–Crippen LogP) is 2.51. The topological polar surface area (TPSA) is 62.2 Å². The number of amides is 1. The molecule has 0 bridgehead atoms. The van der Waals surface area contributed by atoms with E-state index in [4.69, 9.17) is 0 Å². The predicted molar refractivity (Wildman–Crippen MR) is 81.8 cm³/mol. The molecular formula is C17H19N2O2Y-. The number of rotatable bonds is 5. The molecule has 1 heterocycles. The van der Waals surface area contributed by atoms with Crippen LogP contribution in [0.3, 0.4) is 0 Å². The Bertz CT molecular complexity index is 598. The summed E-state index contributed by atoms with van der Waals surface area (Å²) in [4.78, 5) is 16.3. The van der Waals surface area contributed by atoms with E-state index < -0.39 is 11.5 Å². The molecule has 113 valence electrons. The molecule has 1 atom stereocenters. The van der Waals surface area contributed by atoms with Gasteiger partial charge in [-0.05, 0) is 31.9 Å². The summed E-state index contributed by atoms with van der Waals surface area (Å²) in [6, 6.07) is 14.0. The van der Waals surface area contributed by atoms with Crippen LogP contribution in [0.4, 0.5) is 5.69 Å². The van der Waals surface area contributed by atoms with Crippen LogP contribution in [0, 0.1) is 13.0 Å². The number of anilines is 1. The second-order valence-corrected chi connectivity index (χ2v) is 5.31. The quantitative estimate of drug-likeness (QED) is 0.793. The monoisotopic (exact) mass is 372 g/mol. The van der Waals surface area contributed by atoms with Gasteiger partial charge in [-0.1, -0.05) is 18.7 Å². The smallest absolute Gasteiger partial charge is 0.245 e. The number of carbonyl (C=O) groups excluding carboxylic acids is 1. The van der Waals surface area contributed by atoms with Gasteiger partial charge in [0.05, 0.1) is 0 Å². The van der Waals surface area contributed by atoms with Crippen molar-refractivity contribution >= 4 is 11.6 Å². The van der Waals surface area contributed by atoms with Crippen molar-refractivity contribution < 1.29 is 42.6 Å². The molecule has 0 spiro atoms. The minimum atomic E-state index is -1.44. The van der Waals surface area contributed by atoms with Gasteiger partial charge in [0.25, 0.3) is 0 Å². The summed E-state index contributed by atoms with van der Waals surface area (Å²) in [7, 11) is 0. The van der Waals surface area contributed by atoms with Crippen LogP contribution < -0.4 is 5.32 Å². The molecule has 5 heteroatoms. The number of nitrogens with one attached hydrogen (secondary N) is 1. The van der Waals surface area contributed by atoms with Gasteiger partial charge in [0, 0.05) is 44.6 Å². The Kier molecular flexibility index (Phi) is 7.33. The molecule has 1 radical (unpaired) electrons. The molecule has 0 fully saturated rings. The van der Waals surface area contributed by atoms with Crippen molar-refractivity contribution in [3.05, 3.63) is 59.9 Å². The Morgan fingerprint density at radius 2 is 2.14 bits per heavy atom. The van der Waals surface area contributed by atoms with Crippen molar-refractivity contribution in [2.24, 2.45) is 0 Å². The van der Waals surface area contributed by atoms with Crippen molar-refractivity contribution in [1.82, 2.24) is 4.98 Å². The standard InChI is InChI=1S/C17H19N2O2.Y/c1-13-6-8-15(9-7-13)19-16(20)17(2,21)11-10-14-5-3-4-12-18-14;/h3-6,8-9,12,21H,10-11H2,1-2H3,(H,19,20);/q-1;. The molecule has 4 nitrogen and oxygen atoms in total. The van der Waals surface area contributed by atoms with Gasteiger partial charge in [0.15, 0.2) is 0 Å². The first-order valence-corrected chi connectivity index (χ1v) is 6.89. The SMILES string of the molecule is Cc1[c-]cc(NC(=O)C(C)(O)CCc2ccccn2)cc1.[Y]. The zero-order valence-electron chi connectivity index (χ0n) is 12.8. The van der Waals surface area contributed by atoms with Gasteiger partial charge < -0.3 is 10.4 Å². The molecule has 0 aliphatic carbocycles. The van der Waals surface area contributed by atoms with E-state index in [-0.39, 0.29) is 32.7 Å². The van der Waals surface area contributed by atoms with Crippen LogP contribution in [0.2, 0.25) is 0 Å². The number of aromatic nitrogens is 1. The Morgan fingerprint density at radius 1 is 1.36 bits per heavy atom. The fourth-order valence-electron chi connectivity index (χ4n) is 1.88. The zero-order valence-corrected chi connectivity index (χ0v) is 15.7. The van der Waals surface area contributed by atoms with Crippen molar-refractivity contribution in [3.63, 3.8) is 0 Å². The fraction of sp³-hybridized carbons (Fsp3) is 0.294. The molecule has 0 saturated heterocycles. The maximum Gasteiger partial charge on any atom is 0.245 e. The summed E-state index contributed by atoms with van der Waals surface area (Å²) in [5.41, 5.74) is 1.04. The van der Waals surface area contributed by atoms with Crippen LogP contribution in [0.1, 0.15) is 24.6 Å². The number of aryl methyl sites for hydroxylation is 2. The third-order valence-electron chi connectivity index (χ3n) is 3.31. The third kappa shape index (κ3) is 5.60. The normalized spacial score (nSPS) is 12.9. The maximum atomic E-state index is 12.1. The van der Waals surface area contributed by atoms with Crippen LogP contribution in [-0.4, -0.2) is 21.6 Å². The van der Waals surface area contributed by atoms with Gasteiger partial charge in [0.2, 0.25) is 5.91 Å². The Balaban J connectivity index is 0.00000242. The van der Waals surface area contributed by atoms with Crippen molar-refractivity contribution in [2.75, 3.05) is 5.32 Å². The van der Waals surface area contributed by atoms with E-state index in [9.17, 15) is 9.90 Å². The second kappa shape index (κ2) is 8.51. The van der Waals surface area contributed by atoms with E-state index in [1.807, 2.05) is 31.2 Å². The summed E-state index contributed by atoms with van der Waals surface area (Å²) in [6.07, 6.45) is 2.55. The summed E-state index contributed by atoms with van der Waals surface area (Å²) in [6.45, 7) is 3.44. The fourth-order valence-corrected chi connectivity index (χ4v) is 1.88. The molecular weight excluding hydrogens is 353 g/mol. The van der Waals surface area contributed by atoms with E-state index in [1.165, 1.54) is 6.92 Å². The number of benzene rings is 1. The molecule has 2 N–H and O–H groups in total.